The molecule has 1 heterocycles. The van der Waals surface area contributed by atoms with Crippen LogP contribution in [0, 0.1) is 11.3 Å². The minimum absolute atomic E-state index is 0.769. The van der Waals surface area contributed by atoms with Crippen LogP contribution in [-0.2, 0) is 0 Å². The van der Waals surface area contributed by atoms with Gasteiger partial charge in [-0.1, -0.05) is 27.2 Å². The Morgan fingerprint density at radius 3 is 2.38 bits per heavy atom. The van der Waals surface area contributed by atoms with Gasteiger partial charge in [-0.25, -0.2) is 0 Å². The van der Waals surface area contributed by atoms with Gasteiger partial charge in [-0.05, 0) is 44.2 Å². The van der Waals surface area contributed by atoms with Crippen LogP contribution in [0.4, 0.5) is 0 Å². The highest BCUT2D eigenvalue weighted by Gasteiger charge is 2.50. The van der Waals surface area contributed by atoms with Crippen LogP contribution >= 0.6 is 0 Å². The molecular formula is C12H25N. The molecule has 2 rings (SSSR count). The lowest BCUT2D eigenvalue weighted by molar-refractivity contribution is 0.274. The molecule has 0 aromatic rings. The molecule has 1 aliphatic carbocycles. The first-order chi connectivity index (χ1) is 6.23. The Labute approximate surface area is 83.5 Å². The van der Waals surface area contributed by atoms with E-state index in [9.17, 15) is 0 Å². The first kappa shape index (κ1) is 11.0. The van der Waals surface area contributed by atoms with Crippen molar-refractivity contribution in [3.63, 3.8) is 0 Å². The molecule has 1 heteroatoms. The first-order valence-corrected chi connectivity index (χ1v) is 5.91. The Morgan fingerprint density at radius 2 is 1.85 bits per heavy atom. The molecule has 1 saturated carbocycles. The summed E-state index contributed by atoms with van der Waals surface area (Å²) in [5, 5.41) is 0. The molecule has 2 fully saturated rings. The Kier molecular flexibility index (Phi) is 3.78. The van der Waals surface area contributed by atoms with Crippen LogP contribution in [0.15, 0.2) is 0 Å². The molecule has 1 aliphatic heterocycles. The van der Waals surface area contributed by atoms with Gasteiger partial charge in [0.25, 0.3) is 0 Å². The fraction of sp³-hybridized carbons (Fsp3) is 1.00. The van der Waals surface area contributed by atoms with Crippen LogP contribution < -0.4 is 0 Å². The van der Waals surface area contributed by atoms with Gasteiger partial charge in [-0.3, -0.25) is 0 Å². The summed E-state index contributed by atoms with van der Waals surface area (Å²) in [6.45, 7) is 9.11. The van der Waals surface area contributed by atoms with Gasteiger partial charge in [-0.2, -0.15) is 0 Å². The van der Waals surface area contributed by atoms with E-state index in [-0.39, 0.29) is 0 Å². The van der Waals surface area contributed by atoms with Crippen molar-refractivity contribution in [1.29, 1.82) is 0 Å². The van der Waals surface area contributed by atoms with Gasteiger partial charge in [0.15, 0.2) is 0 Å². The standard InChI is InChI=1S/C10H19N.C2H6/c1-9-7-10(9)5-3-4-6-11(2)8-10;1-2/h9H,3-8H2,1-2H3;1-2H3. The van der Waals surface area contributed by atoms with Gasteiger partial charge in [0.2, 0.25) is 0 Å². The van der Waals surface area contributed by atoms with Crippen molar-refractivity contribution in [3.05, 3.63) is 0 Å². The third-order valence-corrected chi connectivity index (χ3v) is 3.65. The summed E-state index contributed by atoms with van der Waals surface area (Å²) >= 11 is 0. The summed E-state index contributed by atoms with van der Waals surface area (Å²) in [6.07, 6.45) is 5.88. The predicted molar refractivity (Wildman–Crippen MR) is 58.9 cm³/mol. The van der Waals surface area contributed by atoms with Gasteiger partial charge in [-0.15, -0.1) is 0 Å². The zero-order valence-corrected chi connectivity index (χ0v) is 9.77. The van der Waals surface area contributed by atoms with Crippen molar-refractivity contribution >= 4 is 0 Å². The van der Waals surface area contributed by atoms with Crippen LogP contribution in [-0.4, -0.2) is 25.0 Å². The van der Waals surface area contributed by atoms with Gasteiger partial charge in [0.05, 0.1) is 0 Å². The lowest BCUT2D eigenvalue weighted by atomic mass is 9.98. The second-order valence-corrected chi connectivity index (χ2v) is 4.66. The van der Waals surface area contributed by atoms with Crippen molar-refractivity contribution < 1.29 is 0 Å². The maximum absolute atomic E-state index is 2.52. The molecule has 0 amide bonds. The van der Waals surface area contributed by atoms with Gasteiger partial charge < -0.3 is 4.90 Å². The van der Waals surface area contributed by atoms with Crippen LogP contribution in [0.25, 0.3) is 0 Å². The van der Waals surface area contributed by atoms with E-state index >= 15 is 0 Å². The summed E-state index contributed by atoms with van der Waals surface area (Å²) in [7, 11) is 2.28. The average Bonchev–Trinajstić information content (AvgIpc) is 2.79. The highest BCUT2D eigenvalue weighted by Crippen LogP contribution is 2.56. The van der Waals surface area contributed by atoms with Crippen molar-refractivity contribution in [2.75, 3.05) is 20.1 Å². The zero-order chi connectivity index (χ0) is 9.90. The van der Waals surface area contributed by atoms with Crippen molar-refractivity contribution in [3.8, 4) is 0 Å². The van der Waals surface area contributed by atoms with Gasteiger partial charge in [0.1, 0.15) is 0 Å². The molecular weight excluding hydrogens is 158 g/mol. The topological polar surface area (TPSA) is 3.24 Å². The second kappa shape index (κ2) is 4.45. The van der Waals surface area contributed by atoms with E-state index in [1.165, 1.54) is 38.8 Å². The van der Waals surface area contributed by atoms with Crippen molar-refractivity contribution in [2.45, 2.75) is 46.5 Å². The van der Waals surface area contributed by atoms with E-state index in [0.29, 0.717) is 0 Å². The smallest absolute Gasteiger partial charge is 0.00376 e. The maximum atomic E-state index is 2.52. The summed E-state index contributed by atoms with van der Waals surface area (Å²) < 4.78 is 0. The minimum Gasteiger partial charge on any atom is -0.306 e. The molecule has 2 atom stereocenters. The predicted octanol–water partition coefficient (Wildman–Crippen LogP) is 3.15. The quantitative estimate of drug-likeness (QED) is 0.557. The fourth-order valence-corrected chi connectivity index (χ4v) is 2.67. The molecule has 0 bridgehead atoms. The Morgan fingerprint density at radius 1 is 1.23 bits per heavy atom. The van der Waals surface area contributed by atoms with Gasteiger partial charge >= 0.3 is 0 Å². The Balaban J connectivity index is 0.000000396. The number of hydrogen-bond acceptors (Lipinski definition) is 1. The molecule has 0 aromatic carbocycles. The highest BCUT2D eigenvalue weighted by molar-refractivity contribution is 5.02. The minimum atomic E-state index is 0.769. The molecule has 1 nitrogen and oxygen atoms in total. The molecule has 0 aromatic heterocycles. The third kappa shape index (κ3) is 2.46. The molecule has 1 spiro atoms. The van der Waals surface area contributed by atoms with Crippen LogP contribution in [0.2, 0.25) is 0 Å². The summed E-state index contributed by atoms with van der Waals surface area (Å²) in [6, 6.07) is 0. The molecule has 0 N–H and O–H groups in total. The number of rotatable bonds is 0. The van der Waals surface area contributed by atoms with Crippen molar-refractivity contribution in [1.82, 2.24) is 4.90 Å². The normalized spacial score (nSPS) is 39.2. The van der Waals surface area contributed by atoms with E-state index in [1.807, 2.05) is 13.8 Å². The second-order valence-electron chi connectivity index (χ2n) is 4.66. The third-order valence-electron chi connectivity index (χ3n) is 3.65. The lowest BCUT2D eigenvalue weighted by Crippen LogP contribution is -2.25. The largest absolute Gasteiger partial charge is 0.306 e. The van der Waals surface area contributed by atoms with Crippen LogP contribution in [0.5, 0.6) is 0 Å². The Hall–Kier alpha value is -0.0400. The number of hydrogen-bond donors (Lipinski definition) is 0. The van der Waals surface area contributed by atoms with Crippen LogP contribution in [0.3, 0.4) is 0 Å². The monoisotopic (exact) mass is 183 g/mol. The summed E-state index contributed by atoms with van der Waals surface area (Å²) in [4.78, 5) is 2.52. The van der Waals surface area contributed by atoms with E-state index in [4.69, 9.17) is 0 Å². The van der Waals surface area contributed by atoms with E-state index in [1.54, 1.807) is 0 Å². The van der Waals surface area contributed by atoms with E-state index in [0.717, 1.165) is 11.3 Å². The molecule has 1 saturated heterocycles. The molecule has 2 aliphatic rings. The van der Waals surface area contributed by atoms with Crippen LogP contribution in [0.1, 0.15) is 46.5 Å². The maximum Gasteiger partial charge on any atom is 0.00376 e. The molecule has 0 radical (unpaired) electrons. The average molecular weight is 183 g/mol. The highest BCUT2D eigenvalue weighted by atomic mass is 15.1. The molecule has 78 valence electrons. The number of likely N-dealkylation sites (tertiary alicyclic amines) is 1. The van der Waals surface area contributed by atoms with Gasteiger partial charge in [0, 0.05) is 6.54 Å². The fourth-order valence-electron chi connectivity index (χ4n) is 2.67. The Bertz CT molecular complexity index is 155. The van der Waals surface area contributed by atoms with E-state index in [2.05, 4.69) is 18.9 Å². The number of nitrogens with zero attached hydrogens (tertiary/aromatic N) is 1. The lowest BCUT2D eigenvalue weighted by Gasteiger charge is -2.19. The van der Waals surface area contributed by atoms with E-state index < -0.39 is 0 Å². The first-order valence-electron chi connectivity index (χ1n) is 5.91. The summed E-state index contributed by atoms with van der Waals surface area (Å²) in [5.41, 5.74) is 0.769. The zero-order valence-electron chi connectivity index (χ0n) is 9.77. The SMILES string of the molecule is CC.CC1CC12CCCCN(C)C2. The molecule has 13 heavy (non-hydrogen) atoms. The molecule has 2 unspecified atom stereocenters. The van der Waals surface area contributed by atoms with Crippen molar-refractivity contribution in [2.24, 2.45) is 11.3 Å². The summed E-state index contributed by atoms with van der Waals surface area (Å²) in [5.74, 6) is 1.02.